The van der Waals surface area contributed by atoms with Crippen LogP contribution in [0.4, 0.5) is 17.2 Å². The van der Waals surface area contributed by atoms with Crippen LogP contribution in [0.25, 0.3) is 0 Å². The Hall–Kier alpha value is -2.68. The summed E-state index contributed by atoms with van der Waals surface area (Å²) in [7, 11) is 0. The van der Waals surface area contributed by atoms with Gasteiger partial charge in [0, 0.05) is 40.1 Å². The summed E-state index contributed by atoms with van der Waals surface area (Å²) in [6, 6.07) is 13.0. The number of thiocarbonyl (C=S) groups is 1. The minimum Gasteiger partial charge on any atom is -0.332 e. The molecule has 7 nitrogen and oxygen atoms in total. The SMILES string of the molecule is O=[N+]([O-])c1ccc(NC(=S)Nc2ccn(Cc3ccc(Cl)cc3Cl)n2)cc1. The van der Waals surface area contributed by atoms with Crippen molar-refractivity contribution in [3.63, 3.8) is 0 Å². The maximum absolute atomic E-state index is 10.7. The maximum atomic E-state index is 10.7. The van der Waals surface area contributed by atoms with Crippen molar-refractivity contribution in [1.29, 1.82) is 0 Å². The topological polar surface area (TPSA) is 85.0 Å². The van der Waals surface area contributed by atoms with Crippen molar-refractivity contribution in [2.45, 2.75) is 6.54 Å². The second kappa shape index (κ2) is 8.34. The van der Waals surface area contributed by atoms with E-state index in [1.165, 1.54) is 12.1 Å². The third-order valence-electron chi connectivity index (χ3n) is 3.57. The number of non-ortho nitro benzene ring substituents is 1. The molecule has 0 aliphatic rings. The predicted octanol–water partition coefficient (Wildman–Crippen LogP) is 4.96. The number of benzene rings is 2. The van der Waals surface area contributed by atoms with Gasteiger partial charge in [-0.25, -0.2) is 0 Å². The number of hydrogen-bond acceptors (Lipinski definition) is 4. The van der Waals surface area contributed by atoms with Crippen molar-refractivity contribution in [2.75, 3.05) is 10.6 Å². The van der Waals surface area contributed by atoms with Crippen molar-refractivity contribution in [2.24, 2.45) is 0 Å². The molecule has 0 bridgehead atoms. The van der Waals surface area contributed by atoms with E-state index < -0.39 is 4.92 Å². The molecule has 0 saturated heterocycles. The number of nitro groups is 1. The highest BCUT2D eigenvalue weighted by molar-refractivity contribution is 7.80. The van der Waals surface area contributed by atoms with E-state index in [4.69, 9.17) is 35.4 Å². The summed E-state index contributed by atoms with van der Waals surface area (Å²) >= 11 is 17.3. The van der Waals surface area contributed by atoms with Crippen LogP contribution in [-0.2, 0) is 6.54 Å². The molecule has 2 N–H and O–H groups in total. The number of rotatable bonds is 5. The zero-order valence-corrected chi connectivity index (χ0v) is 16.1. The summed E-state index contributed by atoms with van der Waals surface area (Å²) in [6.07, 6.45) is 1.79. The smallest absolute Gasteiger partial charge is 0.269 e. The summed E-state index contributed by atoms with van der Waals surface area (Å²) in [5.41, 5.74) is 1.53. The second-order valence-electron chi connectivity index (χ2n) is 5.52. The van der Waals surface area contributed by atoms with Crippen LogP contribution in [0.15, 0.2) is 54.7 Å². The van der Waals surface area contributed by atoms with E-state index in [-0.39, 0.29) is 5.69 Å². The molecule has 3 aromatic rings. The van der Waals surface area contributed by atoms with E-state index >= 15 is 0 Å². The number of nitro benzene ring substituents is 1. The third kappa shape index (κ3) is 5.16. The van der Waals surface area contributed by atoms with Gasteiger partial charge in [0.05, 0.1) is 11.5 Å². The van der Waals surface area contributed by atoms with Crippen molar-refractivity contribution in [3.8, 4) is 0 Å². The molecular formula is C17H13Cl2N5O2S. The highest BCUT2D eigenvalue weighted by atomic mass is 35.5. The Morgan fingerprint density at radius 1 is 1.15 bits per heavy atom. The molecule has 10 heteroatoms. The van der Waals surface area contributed by atoms with Crippen LogP contribution in [0, 0.1) is 10.1 Å². The number of nitrogens with zero attached hydrogens (tertiary/aromatic N) is 3. The molecule has 0 amide bonds. The highest BCUT2D eigenvalue weighted by Crippen LogP contribution is 2.22. The molecule has 3 rings (SSSR count). The number of aromatic nitrogens is 2. The molecule has 0 aliphatic carbocycles. The van der Waals surface area contributed by atoms with E-state index in [0.717, 1.165) is 5.56 Å². The van der Waals surface area contributed by atoms with Gasteiger partial charge < -0.3 is 10.6 Å². The predicted molar refractivity (Wildman–Crippen MR) is 111 cm³/mol. The zero-order valence-electron chi connectivity index (χ0n) is 13.7. The molecule has 27 heavy (non-hydrogen) atoms. The first-order chi connectivity index (χ1) is 12.9. The van der Waals surface area contributed by atoms with Crippen LogP contribution in [-0.4, -0.2) is 19.8 Å². The molecule has 138 valence electrons. The van der Waals surface area contributed by atoms with E-state index in [1.54, 1.807) is 41.2 Å². The van der Waals surface area contributed by atoms with Crippen molar-refractivity contribution in [1.82, 2.24) is 9.78 Å². The fourth-order valence-corrected chi connectivity index (χ4v) is 2.98. The maximum Gasteiger partial charge on any atom is 0.269 e. The van der Waals surface area contributed by atoms with E-state index in [1.807, 2.05) is 6.07 Å². The average Bonchev–Trinajstić information content (AvgIpc) is 3.04. The van der Waals surface area contributed by atoms with Gasteiger partial charge in [-0.1, -0.05) is 29.3 Å². The lowest BCUT2D eigenvalue weighted by Crippen LogP contribution is -2.19. The first-order valence-electron chi connectivity index (χ1n) is 7.70. The summed E-state index contributed by atoms with van der Waals surface area (Å²) in [4.78, 5) is 10.2. The van der Waals surface area contributed by atoms with Crippen molar-refractivity contribution in [3.05, 3.63) is 80.5 Å². The number of anilines is 2. The number of halogens is 2. The van der Waals surface area contributed by atoms with Crippen LogP contribution < -0.4 is 10.6 Å². The fraction of sp³-hybridized carbons (Fsp3) is 0.0588. The van der Waals surface area contributed by atoms with Gasteiger partial charge in [0.2, 0.25) is 0 Å². The van der Waals surface area contributed by atoms with Gasteiger partial charge in [-0.3, -0.25) is 14.8 Å². The van der Waals surface area contributed by atoms with E-state index in [0.29, 0.717) is 33.2 Å². The quantitative estimate of drug-likeness (QED) is 0.344. The number of nitrogens with one attached hydrogen (secondary N) is 2. The fourth-order valence-electron chi connectivity index (χ4n) is 2.29. The van der Waals surface area contributed by atoms with Gasteiger partial charge >= 0.3 is 0 Å². The molecule has 1 heterocycles. The van der Waals surface area contributed by atoms with Crippen molar-refractivity contribution < 1.29 is 4.92 Å². The van der Waals surface area contributed by atoms with Gasteiger partial charge in [0.1, 0.15) is 0 Å². The number of hydrogen-bond donors (Lipinski definition) is 2. The normalized spacial score (nSPS) is 10.4. The van der Waals surface area contributed by atoms with Gasteiger partial charge in [-0.05, 0) is 42.0 Å². The molecule has 2 aromatic carbocycles. The Balaban J connectivity index is 1.59. The summed E-state index contributed by atoms with van der Waals surface area (Å²) in [5.74, 6) is 0.555. The Labute approximate surface area is 170 Å². The largest absolute Gasteiger partial charge is 0.332 e. The Bertz CT molecular complexity index is 991. The minimum absolute atomic E-state index is 0.0130. The van der Waals surface area contributed by atoms with Crippen LogP contribution in [0.3, 0.4) is 0 Å². The van der Waals surface area contributed by atoms with Gasteiger partial charge in [-0.2, -0.15) is 5.10 Å². The molecular weight excluding hydrogens is 409 g/mol. The zero-order chi connectivity index (χ0) is 19.4. The van der Waals surface area contributed by atoms with Crippen LogP contribution in [0.1, 0.15) is 5.56 Å². The van der Waals surface area contributed by atoms with Gasteiger partial charge in [0.15, 0.2) is 10.9 Å². The molecule has 1 aromatic heterocycles. The monoisotopic (exact) mass is 421 g/mol. The second-order valence-corrected chi connectivity index (χ2v) is 6.77. The van der Waals surface area contributed by atoms with E-state index in [9.17, 15) is 10.1 Å². The van der Waals surface area contributed by atoms with Gasteiger partial charge in [-0.15, -0.1) is 0 Å². The van der Waals surface area contributed by atoms with Crippen LogP contribution in [0.5, 0.6) is 0 Å². The molecule has 0 aliphatic heterocycles. The standard InChI is InChI=1S/C17H13Cl2N5O2S/c18-12-2-1-11(15(19)9-12)10-23-8-7-16(22-23)21-17(27)20-13-3-5-14(6-4-13)24(25)26/h1-9H,10H2,(H2,20,21,22,27). The third-order valence-corrected chi connectivity index (χ3v) is 4.36. The molecule has 0 atom stereocenters. The van der Waals surface area contributed by atoms with E-state index in [2.05, 4.69) is 15.7 Å². The molecule has 0 fully saturated rings. The summed E-state index contributed by atoms with van der Waals surface area (Å²) < 4.78 is 1.71. The van der Waals surface area contributed by atoms with Crippen LogP contribution in [0.2, 0.25) is 10.0 Å². The molecule has 0 saturated carbocycles. The minimum atomic E-state index is -0.458. The lowest BCUT2D eigenvalue weighted by molar-refractivity contribution is -0.384. The summed E-state index contributed by atoms with van der Waals surface area (Å²) in [6.45, 7) is 0.486. The summed E-state index contributed by atoms with van der Waals surface area (Å²) in [5, 5.41) is 22.4. The van der Waals surface area contributed by atoms with Gasteiger partial charge in [0.25, 0.3) is 5.69 Å². The molecule has 0 unspecified atom stereocenters. The van der Waals surface area contributed by atoms with Crippen LogP contribution >= 0.6 is 35.4 Å². The Kier molecular flexibility index (Phi) is 5.90. The lowest BCUT2D eigenvalue weighted by Gasteiger charge is -2.08. The molecule has 0 radical (unpaired) electrons. The van der Waals surface area contributed by atoms with Crippen molar-refractivity contribution >= 4 is 57.7 Å². The Morgan fingerprint density at radius 3 is 2.56 bits per heavy atom. The Morgan fingerprint density at radius 2 is 1.89 bits per heavy atom. The first-order valence-corrected chi connectivity index (χ1v) is 8.87. The lowest BCUT2D eigenvalue weighted by atomic mass is 10.2. The average molecular weight is 422 g/mol. The molecule has 0 spiro atoms. The first kappa shape index (κ1) is 19.1. The highest BCUT2D eigenvalue weighted by Gasteiger charge is 2.07.